The van der Waals surface area contributed by atoms with Gasteiger partial charge < -0.3 is 14.1 Å². The molecule has 5 rings (SSSR count). The van der Waals surface area contributed by atoms with E-state index in [9.17, 15) is 13.2 Å². The number of nitrogens with zero attached hydrogens (tertiary/aromatic N) is 2. The van der Waals surface area contributed by atoms with E-state index in [4.69, 9.17) is 9.15 Å². The minimum atomic E-state index is -3.82. The molecule has 4 aromatic rings. The fraction of sp³-hybridized carbons (Fsp3) is 0.320. The van der Waals surface area contributed by atoms with Crippen LogP contribution < -0.4 is 0 Å². The predicted octanol–water partition coefficient (Wildman–Crippen LogP) is 5.23. The quantitative estimate of drug-likeness (QED) is 0.404. The summed E-state index contributed by atoms with van der Waals surface area (Å²) < 4.78 is 40.0. The van der Waals surface area contributed by atoms with Gasteiger partial charge in [-0.15, -0.1) is 0 Å². The van der Waals surface area contributed by atoms with Gasteiger partial charge in [-0.3, -0.25) is 0 Å². The summed E-state index contributed by atoms with van der Waals surface area (Å²) >= 11 is 0. The number of furan rings is 1. The van der Waals surface area contributed by atoms with Gasteiger partial charge in [0, 0.05) is 35.5 Å². The number of benzene rings is 2. The highest BCUT2D eigenvalue weighted by Crippen LogP contribution is 2.34. The molecule has 0 aliphatic carbocycles. The Kier molecular flexibility index (Phi) is 4.83. The molecule has 0 unspecified atom stereocenters. The second-order valence-corrected chi connectivity index (χ2v) is 11.3. The van der Waals surface area contributed by atoms with Crippen LogP contribution in [-0.2, 0) is 27.7 Å². The van der Waals surface area contributed by atoms with Crippen molar-refractivity contribution in [2.75, 3.05) is 6.54 Å². The summed E-state index contributed by atoms with van der Waals surface area (Å²) in [5.41, 5.74) is 2.38. The van der Waals surface area contributed by atoms with Gasteiger partial charge in [0.2, 0.25) is 0 Å². The normalized spacial score (nSPS) is 14.6. The van der Waals surface area contributed by atoms with E-state index < -0.39 is 15.6 Å². The van der Waals surface area contributed by atoms with E-state index in [1.807, 2.05) is 45.9 Å². The first-order valence-corrected chi connectivity index (χ1v) is 12.3. The van der Waals surface area contributed by atoms with Gasteiger partial charge in [-0.05, 0) is 57.5 Å². The molecule has 33 heavy (non-hydrogen) atoms. The first-order valence-electron chi connectivity index (χ1n) is 10.9. The van der Waals surface area contributed by atoms with Crippen molar-refractivity contribution < 1.29 is 22.4 Å². The number of aryl methyl sites for hydroxylation is 1. The minimum Gasteiger partial charge on any atom is -0.461 e. The molecule has 3 heterocycles. The molecule has 8 heteroatoms. The van der Waals surface area contributed by atoms with Crippen molar-refractivity contribution in [3.63, 3.8) is 0 Å². The highest BCUT2D eigenvalue weighted by molar-refractivity contribution is 7.90. The lowest BCUT2D eigenvalue weighted by molar-refractivity contribution is 0.0220. The fourth-order valence-electron chi connectivity index (χ4n) is 4.33. The molecule has 0 N–H and O–H groups in total. The van der Waals surface area contributed by atoms with Crippen LogP contribution in [0.15, 0.2) is 58.0 Å². The molecule has 1 aliphatic heterocycles. The number of carbonyl (C=O) groups excluding carboxylic acids is 1. The Labute approximate surface area is 192 Å². The smallest absolute Gasteiger partial charge is 0.410 e. The van der Waals surface area contributed by atoms with Gasteiger partial charge in [0.25, 0.3) is 10.0 Å². The van der Waals surface area contributed by atoms with Crippen molar-refractivity contribution in [2.24, 2.45) is 0 Å². The third kappa shape index (κ3) is 3.68. The Bertz CT molecular complexity index is 1510. The molecule has 172 valence electrons. The minimum absolute atomic E-state index is 0.175. The topological polar surface area (TPSA) is 81.8 Å². The Hall–Kier alpha value is -3.26. The summed E-state index contributed by atoms with van der Waals surface area (Å²) in [6, 6.07) is 12.4. The number of rotatable bonds is 2. The lowest BCUT2D eigenvalue weighted by Gasteiger charge is -2.29. The van der Waals surface area contributed by atoms with Crippen molar-refractivity contribution in [3.8, 4) is 0 Å². The molecule has 1 aliphatic rings. The highest BCUT2D eigenvalue weighted by atomic mass is 32.2. The van der Waals surface area contributed by atoms with Crippen LogP contribution in [0.2, 0.25) is 0 Å². The zero-order valence-corrected chi connectivity index (χ0v) is 19.9. The van der Waals surface area contributed by atoms with Crippen LogP contribution in [0.1, 0.15) is 37.7 Å². The molecule has 0 saturated heterocycles. The lowest BCUT2D eigenvalue weighted by Crippen LogP contribution is -2.39. The maximum absolute atomic E-state index is 13.6. The molecular weight excluding hydrogens is 440 g/mol. The van der Waals surface area contributed by atoms with Crippen LogP contribution in [0.5, 0.6) is 0 Å². The Morgan fingerprint density at radius 2 is 1.85 bits per heavy atom. The molecule has 2 aromatic carbocycles. The molecular formula is C25H26N2O5S. The van der Waals surface area contributed by atoms with E-state index in [0.717, 1.165) is 22.3 Å². The summed E-state index contributed by atoms with van der Waals surface area (Å²) in [7, 11) is -3.82. The molecule has 0 spiro atoms. The van der Waals surface area contributed by atoms with E-state index in [1.54, 1.807) is 35.4 Å². The zero-order chi connectivity index (χ0) is 23.5. The number of fused-ring (bicyclic) bond motifs is 4. The standard InChI is InChI=1S/C25H26N2O5S/c1-16-14-27(21-8-6-5-7-18(16)21)33(29,30)17-9-10-22-19(13-17)20-15-26(12-11-23(20)31-22)24(28)32-25(2,3)4/h5-10,13-14H,11-12,15H2,1-4H3. The van der Waals surface area contributed by atoms with Crippen molar-refractivity contribution in [3.05, 3.63) is 65.5 Å². The summed E-state index contributed by atoms with van der Waals surface area (Å²) in [5.74, 6) is 0.779. The number of carbonyl (C=O) groups is 1. The molecule has 2 aromatic heterocycles. The van der Waals surface area contributed by atoms with E-state index in [1.165, 1.54) is 3.97 Å². The predicted molar refractivity (Wildman–Crippen MR) is 126 cm³/mol. The van der Waals surface area contributed by atoms with Gasteiger partial charge in [0.15, 0.2) is 0 Å². The highest BCUT2D eigenvalue weighted by Gasteiger charge is 2.30. The third-order valence-electron chi connectivity index (χ3n) is 5.89. The lowest BCUT2D eigenvalue weighted by atomic mass is 10.1. The number of amides is 1. The SMILES string of the molecule is Cc1cn(S(=O)(=O)c2ccc3oc4c(c3c2)CN(C(=O)OC(C)(C)C)CC4)c2ccccc12. The molecule has 7 nitrogen and oxygen atoms in total. The fourth-order valence-corrected chi connectivity index (χ4v) is 5.78. The maximum Gasteiger partial charge on any atom is 0.410 e. The van der Waals surface area contributed by atoms with Gasteiger partial charge in [-0.25, -0.2) is 17.2 Å². The largest absolute Gasteiger partial charge is 0.461 e. The van der Waals surface area contributed by atoms with Crippen LogP contribution in [0.3, 0.4) is 0 Å². The average molecular weight is 467 g/mol. The van der Waals surface area contributed by atoms with Crippen LogP contribution in [-0.4, -0.2) is 35.5 Å². The van der Waals surface area contributed by atoms with Gasteiger partial charge in [0.05, 0.1) is 17.0 Å². The van der Waals surface area contributed by atoms with E-state index >= 15 is 0 Å². The molecule has 0 radical (unpaired) electrons. The van der Waals surface area contributed by atoms with Gasteiger partial charge >= 0.3 is 6.09 Å². The van der Waals surface area contributed by atoms with Gasteiger partial charge in [-0.2, -0.15) is 0 Å². The summed E-state index contributed by atoms with van der Waals surface area (Å²) in [4.78, 5) is 14.4. The molecule has 0 atom stereocenters. The first-order chi connectivity index (χ1) is 15.5. The summed E-state index contributed by atoms with van der Waals surface area (Å²) in [5, 5.41) is 1.60. The van der Waals surface area contributed by atoms with Crippen LogP contribution in [0.4, 0.5) is 4.79 Å². The second kappa shape index (κ2) is 7.38. The summed E-state index contributed by atoms with van der Waals surface area (Å²) in [6.07, 6.45) is 1.81. The van der Waals surface area contributed by atoms with E-state index in [-0.39, 0.29) is 11.0 Å². The Balaban J connectivity index is 1.56. The summed E-state index contributed by atoms with van der Waals surface area (Å²) in [6.45, 7) is 8.19. The number of hydrogen-bond donors (Lipinski definition) is 0. The second-order valence-electron chi connectivity index (χ2n) is 9.44. The van der Waals surface area contributed by atoms with E-state index in [2.05, 4.69) is 0 Å². The van der Waals surface area contributed by atoms with Crippen LogP contribution >= 0.6 is 0 Å². The van der Waals surface area contributed by atoms with Crippen molar-refractivity contribution in [2.45, 2.75) is 51.2 Å². The molecule has 0 saturated carbocycles. The van der Waals surface area contributed by atoms with Crippen molar-refractivity contribution in [1.82, 2.24) is 8.87 Å². The molecule has 0 fully saturated rings. The monoisotopic (exact) mass is 466 g/mol. The number of para-hydroxylation sites is 1. The van der Waals surface area contributed by atoms with Crippen molar-refractivity contribution >= 4 is 38.0 Å². The van der Waals surface area contributed by atoms with Crippen molar-refractivity contribution in [1.29, 1.82) is 0 Å². The average Bonchev–Trinajstić information content (AvgIpc) is 3.30. The first kappa shape index (κ1) is 21.6. The van der Waals surface area contributed by atoms with Crippen LogP contribution in [0.25, 0.3) is 21.9 Å². The molecule has 1 amide bonds. The van der Waals surface area contributed by atoms with E-state index in [0.29, 0.717) is 36.0 Å². The molecule has 0 bridgehead atoms. The third-order valence-corrected chi connectivity index (χ3v) is 7.56. The number of aromatic nitrogens is 1. The van der Waals surface area contributed by atoms with Gasteiger partial charge in [0.1, 0.15) is 16.9 Å². The number of ether oxygens (including phenoxy) is 1. The van der Waals surface area contributed by atoms with Crippen LogP contribution in [0, 0.1) is 6.92 Å². The Morgan fingerprint density at radius 1 is 1.09 bits per heavy atom. The zero-order valence-electron chi connectivity index (χ0n) is 19.1. The van der Waals surface area contributed by atoms with Gasteiger partial charge in [-0.1, -0.05) is 18.2 Å². The maximum atomic E-state index is 13.6. The number of hydrogen-bond acceptors (Lipinski definition) is 5. The Morgan fingerprint density at radius 3 is 2.61 bits per heavy atom.